The van der Waals surface area contributed by atoms with Gasteiger partial charge in [-0.3, -0.25) is 14.9 Å². The minimum absolute atomic E-state index is 0.111. The molecule has 0 aliphatic rings. The molecule has 0 saturated heterocycles. The molecule has 0 radical (unpaired) electrons. The van der Waals surface area contributed by atoms with Crippen LogP contribution in [0.1, 0.15) is 36.5 Å². The van der Waals surface area contributed by atoms with Crippen molar-refractivity contribution in [1.82, 2.24) is 5.32 Å². The average Bonchev–Trinajstić information content (AvgIpc) is 2.83. The lowest BCUT2D eigenvalue weighted by Gasteiger charge is -2.13. The number of amides is 1. The SMILES string of the molecule is CCCC[C@H](NC(=O)c1csc([N+](=O)[O-])c1)C(=O)O. The summed E-state index contributed by atoms with van der Waals surface area (Å²) in [6.45, 7) is 1.92. The standard InChI is InChI=1S/C11H14N2O5S/c1-2-3-4-8(11(15)16)12-10(14)7-5-9(13(17)18)19-6-7/h5-6,8H,2-4H2,1H3,(H,12,14)(H,15,16)/t8-/m0/s1. The molecule has 0 aliphatic carbocycles. The van der Waals surface area contributed by atoms with Crippen LogP contribution in [0.15, 0.2) is 11.4 Å². The van der Waals surface area contributed by atoms with Crippen molar-refractivity contribution in [1.29, 1.82) is 0 Å². The zero-order chi connectivity index (χ0) is 14.4. The molecule has 19 heavy (non-hydrogen) atoms. The van der Waals surface area contributed by atoms with Gasteiger partial charge in [-0.15, -0.1) is 0 Å². The van der Waals surface area contributed by atoms with E-state index in [9.17, 15) is 19.7 Å². The van der Waals surface area contributed by atoms with E-state index in [1.54, 1.807) is 0 Å². The summed E-state index contributed by atoms with van der Waals surface area (Å²) in [5.74, 6) is -1.71. The predicted molar refractivity (Wildman–Crippen MR) is 69.4 cm³/mol. The number of carboxylic acids is 1. The average molecular weight is 286 g/mol. The van der Waals surface area contributed by atoms with Crippen molar-refractivity contribution in [3.63, 3.8) is 0 Å². The first-order chi connectivity index (χ1) is 8.95. The summed E-state index contributed by atoms with van der Waals surface area (Å²) < 4.78 is 0. The van der Waals surface area contributed by atoms with Crippen LogP contribution in [0.4, 0.5) is 5.00 Å². The number of carbonyl (C=O) groups is 2. The van der Waals surface area contributed by atoms with Gasteiger partial charge in [-0.25, -0.2) is 4.79 Å². The van der Waals surface area contributed by atoms with Crippen molar-refractivity contribution in [3.8, 4) is 0 Å². The minimum Gasteiger partial charge on any atom is -0.480 e. The molecule has 0 spiro atoms. The summed E-state index contributed by atoms with van der Waals surface area (Å²) in [5.41, 5.74) is 0.111. The third-order valence-electron chi connectivity index (χ3n) is 2.48. The fourth-order valence-corrected chi connectivity index (χ4v) is 2.15. The molecule has 1 aromatic rings. The highest BCUT2D eigenvalue weighted by Gasteiger charge is 2.22. The molecule has 0 fully saturated rings. The number of aliphatic carboxylic acids is 1. The van der Waals surface area contributed by atoms with Gasteiger partial charge in [0.25, 0.3) is 5.91 Å². The largest absolute Gasteiger partial charge is 0.480 e. The number of unbranched alkanes of at least 4 members (excludes halogenated alkanes) is 1. The molecule has 7 nitrogen and oxygen atoms in total. The monoisotopic (exact) mass is 286 g/mol. The van der Waals surface area contributed by atoms with E-state index in [1.165, 1.54) is 5.38 Å². The lowest BCUT2D eigenvalue weighted by molar-refractivity contribution is -0.380. The van der Waals surface area contributed by atoms with Gasteiger partial charge in [0, 0.05) is 11.4 Å². The normalized spacial score (nSPS) is 11.8. The molecule has 1 atom stereocenters. The Balaban J connectivity index is 2.70. The Kier molecular flexibility index (Phi) is 5.43. The first kappa shape index (κ1) is 15.1. The van der Waals surface area contributed by atoms with Gasteiger partial charge in [-0.05, 0) is 6.42 Å². The van der Waals surface area contributed by atoms with Crippen LogP contribution in [0.5, 0.6) is 0 Å². The summed E-state index contributed by atoms with van der Waals surface area (Å²) in [5, 5.41) is 23.0. The van der Waals surface area contributed by atoms with E-state index in [1.807, 2.05) is 6.92 Å². The maximum Gasteiger partial charge on any atom is 0.326 e. The number of nitrogens with zero attached hydrogens (tertiary/aromatic N) is 1. The number of rotatable bonds is 7. The summed E-state index contributed by atoms with van der Waals surface area (Å²) >= 11 is 0.832. The van der Waals surface area contributed by atoms with Crippen molar-refractivity contribution in [2.75, 3.05) is 0 Å². The van der Waals surface area contributed by atoms with E-state index < -0.39 is 22.8 Å². The van der Waals surface area contributed by atoms with Crippen LogP contribution in [0.2, 0.25) is 0 Å². The molecular formula is C11H14N2O5S. The number of nitro groups is 1. The van der Waals surface area contributed by atoms with Crippen LogP contribution in [-0.2, 0) is 4.79 Å². The highest BCUT2D eigenvalue weighted by Crippen LogP contribution is 2.22. The first-order valence-corrected chi connectivity index (χ1v) is 6.60. The molecule has 1 heterocycles. The topological polar surface area (TPSA) is 110 Å². The van der Waals surface area contributed by atoms with Crippen LogP contribution >= 0.6 is 11.3 Å². The van der Waals surface area contributed by atoms with Gasteiger partial charge >= 0.3 is 11.0 Å². The van der Waals surface area contributed by atoms with Gasteiger partial charge in [0.2, 0.25) is 0 Å². The highest BCUT2D eigenvalue weighted by molar-refractivity contribution is 7.13. The van der Waals surface area contributed by atoms with Gasteiger partial charge in [0.15, 0.2) is 0 Å². The quantitative estimate of drug-likeness (QED) is 0.588. The second-order valence-corrected chi connectivity index (χ2v) is 4.83. The Hall–Kier alpha value is -1.96. The molecule has 2 N–H and O–H groups in total. The summed E-state index contributed by atoms with van der Waals surface area (Å²) in [4.78, 5) is 32.6. The Labute approximate surface area is 113 Å². The third-order valence-corrected chi connectivity index (χ3v) is 3.36. The van der Waals surface area contributed by atoms with E-state index in [0.717, 1.165) is 23.8 Å². The number of carbonyl (C=O) groups excluding carboxylic acids is 1. The van der Waals surface area contributed by atoms with E-state index in [2.05, 4.69) is 5.32 Å². The van der Waals surface area contributed by atoms with Crippen molar-refractivity contribution < 1.29 is 19.6 Å². The minimum atomic E-state index is -1.11. The maximum atomic E-state index is 11.8. The van der Waals surface area contributed by atoms with Gasteiger partial charge < -0.3 is 10.4 Å². The second kappa shape index (κ2) is 6.83. The Morgan fingerprint density at radius 2 is 2.26 bits per heavy atom. The van der Waals surface area contributed by atoms with Crippen molar-refractivity contribution in [2.45, 2.75) is 32.2 Å². The second-order valence-electron chi connectivity index (χ2n) is 3.94. The molecular weight excluding hydrogens is 272 g/mol. The molecule has 0 aromatic carbocycles. The van der Waals surface area contributed by atoms with E-state index in [4.69, 9.17) is 5.11 Å². The van der Waals surface area contributed by atoms with Crippen LogP contribution in [0.25, 0.3) is 0 Å². The molecule has 0 bridgehead atoms. The fraction of sp³-hybridized carbons (Fsp3) is 0.455. The summed E-state index contributed by atoms with van der Waals surface area (Å²) in [6.07, 6.45) is 1.84. The molecule has 0 aliphatic heterocycles. The summed E-state index contributed by atoms with van der Waals surface area (Å²) in [6, 6.07) is 0.171. The third kappa shape index (κ3) is 4.32. The Bertz CT molecular complexity index is 485. The van der Waals surface area contributed by atoms with Gasteiger partial charge in [0.05, 0.1) is 10.5 Å². The molecule has 0 saturated carbocycles. The Morgan fingerprint density at radius 3 is 2.74 bits per heavy atom. The number of carboxylic acid groups (broad SMARTS) is 1. The lowest BCUT2D eigenvalue weighted by Crippen LogP contribution is -2.40. The van der Waals surface area contributed by atoms with Crippen molar-refractivity contribution in [2.24, 2.45) is 0 Å². The van der Waals surface area contributed by atoms with E-state index >= 15 is 0 Å². The van der Waals surface area contributed by atoms with E-state index in [-0.39, 0.29) is 10.6 Å². The van der Waals surface area contributed by atoms with Crippen LogP contribution in [0, 0.1) is 10.1 Å². The smallest absolute Gasteiger partial charge is 0.326 e. The zero-order valence-electron chi connectivity index (χ0n) is 10.3. The molecule has 104 valence electrons. The zero-order valence-corrected chi connectivity index (χ0v) is 11.1. The number of thiophene rings is 1. The predicted octanol–water partition coefficient (Wildman–Crippen LogP) is 2.03. The highest BCUT2D eigenvalue weighted by atomic mass is 32.1. The molecule has 8 heteroatoms. The Morgan fingerprint density at radius 1 is 1.58 bits per heavy atom. The number of hydrogen-bond acceptors (Lipinski definition) is 5. The van der Waals surface area contributed by atoms with Crippen LogP contribution < -0.4 is 5.32 Å². The van der Waals surface area contributed by atoms with Crippen molar-refractivity contribution in [3.05, 3.63) is 27.1 Å². The van der Waals surface area contributed by atoms with Crippen LogP contribution in [-0.4, -0.2) is 27.9 Å². The molecule has 0 unspecified atom stereocenters. The van der Waals surface area contributed by atoms with Gasteiger partial charge in [-0.1, -0.05) is 31.1 Å². The molecule has 1 aromatic heterocycles. The number of hydrogen-bond donors (Lipinski definition) is 2. The van der Waals surface area contributed by atoms with Gasteiger partial charge in [0.1, 0.15) is 6.04 Å². The van der Waals surface area contributed by atoms with E-state index in [0.29, 0.717) is 12.8 Å². The first-order valence-electron chi connectivity index (χ1n) is 5.72. The van der Waals surface area contributed by atoms with Crippen molar-refractivity contribution >= 4 is 28.2 Å². The maximum absolute atomic E-state index is 11.8. The number of nitrogens with one attached hydrogen (secondary N) is 1. The van der Waals surface area contributed by atoms with Gasteiger partial charge in [-0.2, -0.15) is 0 Å². The molecule has 1 amide bonds. The fourth-order valence-electron chi connectivity index (χ4n) is 1.45. The van der Waals surface area contributed by atoms with Crippen LogP contribution in [0.3, 0.4) is 0 Å². The lowest BCUT2D eigenvalue weighted by atomic mass is 10.1. The molecule has 1 rings (SSSR count). The summed E-state index contributed by atoms with van der Waals surface area (Å²) in [7, 11) is 0.